The van der Waals surface area contributed by atoms with Crippen LogP contribution in [-0.4, -0.2) is 28.1 Å². The molecule has 1 aliphatic heterocycles. The van der Waals surface area contributed by atoms with Gasteiger partial charge in [0.1, 0.15) is 10.9 Å². The SMILES string of the molecule is Cc1cc(=O)n2nc(N3CCCC3C(=O)NCc3ccccc3)sc2c1. The molecule has 134 valence electrons. The number of fused-ring (bicyclic) bond motifs is 1. The highest BCUT2D eigenvalue weighted by Crippen LogP contribution is 2.29. The van der Waals surface area contributed by atoms with Crippen LogP contribution in [0.15, 0.2) is 47.3 Å². The molecule has 1 aliphatic rings. The van der Waals surface area contributed by atoms with E-state index in [-0.39, 0.29) is 17.5 Å². The number of rotatable bonds is 4. The minimum absolute atomic E-state index is 0.00846. The van der Waals surface area contributed by atoms with Crippen LogP contribution in [0.4, 0.5) is 5.13 Å². The first-order valence-electron chi connectivity index (χ1n) is 8.70. The van der Waals surface area contributed by atoms with E-state index in [4.69, 9.17) is 0 Å². The van der Waals surface area contributed by atoms with E-state index in [2.05, 4.69) is 10.4 Å². The van der Waals surface area contributed by atoms with Gasteiger partial charge in [-0.15, -0.1) is 5.10 Å². The second-order valence-electron chi connectivity index (χ2n) is 6.56. The number of carbonyl (C=O) groups excluding carboxylic acids is 1. The Morgan fingerprint density at radius 1 is 1.31 bits per heavy atom. The van der Waals surface area contributed by atoms with Gasteiger partial charge in [-0.25, -0.2) is 0 Å². The normalized spacial score (nSPS) is 17.0. The van der Waals surface area contributed by atoms with Crippen LogP contribution in [0, 0.1) is 6.92 Å². The molecule has 1 unspecified atom stereocenters. The molecule has 1 saturated heterocycles. The third kappa shape index (κ3) is 3.22. The van der Waals surface area contributed by atoms with Gasteiger partial charge in [-0.05, 0) is 37.0 Å². The fraction of sp³-hybridized carbons (Fsp3) is 0.316. The number of hydrogen-bond acceptors (Lipinski definition) is 5. The quantitative estimate of drug-likeness (QED) is 0.768. The van der Waals surface area contributed by atoms with E-state index in [0.717, 1.165) is 40.5 Å². The monoisotopic (exact) mass is 368 g/mol. The van der Waals surface area contributed by atoms with E-state index in [1.54, 1.807) is 6.07 Å². The summed E-state index contributed by atoms with van der Waals surface area (Å²) in [6, 6.07) is 13.2. The maximum absolute atomic E-state index is 12.7. The van der Waals surface area contributed by atoms with Crippen molar-refractivity contribution in [2.24, 2.45) is 0 Å². The Bertz CT molecular complexity index is 996. The molecule has 0 radical (unpaired) electrons. The van der Waals surface area contributed by atoms with Gasteiger partial charge >= 0.3 is 0 Å². The summed E-state index contributed by atoms with van der Waals surface area (Å²) in [4.78, 5) is 27.6. The Balaban J connectivity index is 1.54. The summed E-state index contributed by atoms with van der Waals surface area (Å²) in [6.45, 7) is 3.19. The summed E-state index contributed by atoms with van der Waals surface area (Å²) in [7, 11) is 0. The number of pyridine rings is 1. The van der Waals surface area contributed by atoms with Gasteiger partial charge in [0.25, 0.3) is 5.56 Å². The summed E-state index contributed by atoms with van der Waals surface area (Å²) in [5.74, 6) is 0.00846. The lowest BCUT2D eigenvalue weighted by Gasteiger charge is -2.22. The number of aromatic nitrogens is 2. The Labute approximate surface area is 155 Å². The molecular formula is C19H20N4O2S. The number of aryl methyl sites for hydroxylation is 1. The van der Waals surface area contributed by atoms with Crippen LogP contribution < -0.4 is 15.8 Å². The zero-order valence-corrected chi connectivity index (χ0v) is 15.3. The third-order valence-corrected chi connectivity index (χ3v) is 5.61. The first kappa shape index (κ1) is 16.8. The van der Waals surface area contributed by atoms with Crippen LogP contribution in [-0.2, 0) is 11.3 Å². The van der Waals surface area contributed by atoms with Gasteiger partial charge in [0.2, 0.25) is 11.0 Å². The van der Waals surface area contributed by atoms with Crippen LogP contribution in [0.5, 0.6) is 0 Å². The molecule has 1 aromatic carbocycles. The van der Waals surface area contributed by atoms with Crippen molar-refractivity contribution in [1.82, 2.24) is 14.9 Å². The summed E-state index contributed by atoms with van der Waals surface area (Å²) in [5.41, 5.74) is 1.86. The minimum atomic E-state index is -0.240. The van der Waals surface area contributed by atoms with Crippen molar-refractivity contribution in [3.8, 4) is 0 Å². The van der Waals surface area contributed by atoms with Crippen LogP contribution in [0.25, 0.3) is 4.83 Å². The fourth-order valence-corrected chi connectivity index (χ4v) is 4.43. The molecule has 26 heavy (non-hydrogen) atoms. The van der Waals surface area contributed by atoms with Crippen molar-refractivity contribution in [1.29, 1.82) is 0 Å². The average molecular weight is 368 g/mol. The second-order valence-corrected chi connectivity index (χ2v) is 7.55. The lowest BCUT2D eigenvalue weighted by atomic mass is 10.2. The van der Waals surface area contributed by atoms with E-state index >= 15 is 0 Å². The standard InChI is InChI=1S/C19H20N4O2S/c1-13-10-16(24)23-17(11-13)26-19(21-23)22-9-5-8-15(22)18(25)20-12-14-6-3-2-4-7-14/h2-4,6-7,10-11,15H,5,8-9,12H2,1H3,(H,20,25). The molecule has 2 aromatic heterocycles. The largest absolute Gasteiger partial charge is 0.350 e. The number of benzene rings is 1. The maximum Gasteiger partial charge on any atom is 0.272 e. The lowest BCUT2D eigenvalue weighted by Crippen LogP contribution is -2.43. The number of nitrogens with one attached hydrogen (secondary N) is 1. The maximum atomic E-state index is 12.7. The van der Waals surface area contributed by atoms with Crippen molar-refractivity contribution in [2.45, 2.75) is 32.4 Å². The zero-order chi connectivity index (χ0) is 18.1. The van der Waals surface area contributed by atoms with E-state index in [1.807, 2.05) is 48.2 Å². The van der Waals surface area contributed by atoms with Crippen molar-refractivity contribution >= 4 is 27.2 Å². The molecule has 0 spiro atoms. The molecule has 6 nitrogen and oxygen atoms in total. The predicted molar refractivity (Wildman–Crippen MR) is 103 cm³/mol. The highest BCUT2D eigenvalue weighted by molar-refractivity contribution is 7.20. The minimum Gasteiger partial charge on any atom is -0.350 e. The van der Waals surface area contributed by atoms with Crippen LogP contribution in [0.2, 0.25) is 0 Å². The average Bonchev–Trinajstić information content (AvgIpc) is 3.27. The van der Waals surface area contributed by atoms with Crippen LogP contribution >= 0.6 is 11.3 Å². The molecule has 3 heterocycles. The van der Waals surface area contributed by atoms with Gasteiger partial charge < -0.3 is 10.2 Å². The van der Waals surface area contributed by atoms with Crippen LogP contribution in [0.3, 0.4) is 0 Å². The Morgan fingerprint density at radius 3 is 2.92 bits per heavy atom. The van der Waals surface area contributed by atoms with E-state index in [1.165, 1.54) is 15.9 Å². The Hall–Kier alpha value is -2.67. The van der Waals surface area contributed by atoms with Gasteiger partial charge in [0, 0.05) is 19.2 Å². The molecule has 1 amide bonds. The smallest absolute Gasteiger partial charge is 0.272 e. The van der Waals surface area contributed by atoms with Crippen LogP contribution in [0.1, 0.15) is 24.0 Å². The molecular weight excluding hydrogens is 348 g/mol. The number of nitrogens with zero attached hydrogens (tertiary/aromatic N) is 3. The highest BCUT2D eigenvalue weighted by atomic mass is 32.1. The van der Waals surface area contributed by atoms with E-state index in [0.29, 0.717) is 6.54 Å². The summed E-state index contributed by atoms with van der Waals surface area (Å²) in [6.07, 6.45) is 1.73. The van der Waals surface area contributed by atoms with E-state index < -0.39 is 0 Å². The fourth-order valence-electron chi connectivity index (χ4n) is 3.32. The second kappa shape index (κ2) is 6.92. The molecule has 1 N–H and O–H groups in total. The molecule has 3 aromatic rings. The third-order valence-electron chi connectivity index (χ3n) is 4.61. The predicted octanol–water partition coefficient (Wildman–Crippen LogP) is 2.35. The summed E-state index contributed by atoms with van der Waals surface area (Å²) >= 11 is 1.46. The number of hydrogen-bond donors (Lipinski definition) is 1. The molecule has 1 atom stereocenters. The molecule has 4 rings (SSSR count). The molecule has 1 fully saturated rings. The molecule has 0 aliphatic carbocycles. The first-order chi connectivity index (χ1) is 12.6. The van der Waals surface area contributed by atoms with E-state index in [9.17, 15) is 9.59 Å². The van der Waals surface area contributed by atoms with Crippen molar-refractivity contribution < 1.29 is 4.79 Å². The van der Waals surface area contributed by atoms with Crippen molar-refractivity contribution in [3.63, 3.8) is 0 Å². The van der Waals surface area contributed by atoms with Gasteiger partial charge in [0.05, 0.1) is 0 Å². The topological polar surface area (TPSA) is 66.7 Å². The first-order valence-corrected chi connectivity index (χ1v) is 9.52. The molecule has 0 bridgehead atoms. The van der Waals surface area contributed by atoms with Gasteiger partial charge in [-0.2, -0.15) is 4.52 Å². The highest BCUT2D eigenvalue weighted by Gasteiger charge is 2.32. The van der Waals surface area contributed by atoms with Gasteiger partial charge in [-0.3, -0.25) is 9.59 Å². The molecule has 0 saturated carbocycles. The van der Waals surface area contributed by atoms with Crippen molar-refractivity contribution in [2.75, 3.05) is 11.4 Å². The Morgan fingerprint density at radius 2 is 2.12 bits per heavy atom. The van der Waals surface area contributed by atoms with Crippen molar-refractivity contribution in [3.05, 3.63) is 63.9 Å². The zero-order valence-electron chi connectivity index (χ0n) is 14.5. The summed E-state index contributed by atoms with van der Waals surface area (Å²) in [5, 5.41) is 8.20. The number of amides is 1. The summed E-state index contributed by atoms with van der Waals surface area (Å²) < 4.78 is 1.42. The molecule has 7 heteroatoms. The lowest BCUT2D eigenvalue weighted by molar-refractivity contribution is -0.122. The number of anilines is 1. The number of carbonyl (C=O) groups is 1. The van der Waals surface area contributed by atoms with Gasteiger partial charge in [0.15, 0.2) is 0 Å². The Kier molecular flexibility index (Phi) is 4.46. The van der Waals surface area contributed by atoms with Gasteiger partial charge in [-0.1, -0.05) is 41.7 Å².